The van der Waals surface area contributed by atoms with Gasteiger partial charge in [0.25, 0.3) is 5.91 Å². The number of rotatable bonds is 6. The molecule has 1 amide bonds. The molecule has 2 N–H and O–H groups in total. The van der Waals surface area contributed by atoms with Gasteiger partial charge in [-0.15, -0.1) is 0 Å². The smallest absolute Gasteiger partial charge is 0.253 e. The number of halogens is 1. The first-order valence-electron chi connectivity index (χ1n) is 6.87. The highest BCUT2D eigenvalue weighted by atomic mass is 79.9. The van der Waals surface area contributed by atoms with E-state index in [2.05, 4.69) is 29.8 Å². The normalized spacial score (nSPS) is 10.8. The van der Waals surface area contributed by atoms with Crippen LogP contribution < -0.4 is 5.73 Å². The predicted molar refractivity (Wildman–Crippen MR) is 84.2 cm³/mol. The maximum absolute atomic E-state index is 12.5. The number of carbonyl (C=O) groups excluding carboxylic acids is 1. The number of hydrogen-bond donors (Lipinski definition) is 1. The van der Waals surface area contributed by atoms with E-state index in [4.69, 9.17) is 5.73 Å². The Hall–Kier alpha value is -1.03. The molecular weight excluding hydrogens is 304 g/mol. The van der Waals surface area contributed by atoms with E-state index >= 15 is 0 Å². The average Bonchev–Trinajstić information content (AvgIpc) is 2.42. The van der Waals surface area contributed by atoms with Crippen LogP contribution in [-0.4, -0.2) is 23.9 Å². The van der Waals surface area contributed by atoms with Crippen LogP contribution in [0.3, 0.4) is 0 Å². The second-order valence-electron chi connectivity index (χ2n) is 4.76. The summed E-state index contributed by atoms with van der Waals surface area (Å²) in [6.45, 7) is 7.90. The van der Waals surface area contributed by atoms with Crippen LogP contribution in [0.2, 0.25) is 0 Å². The maximum Gasteiger partial charge on any atom is 0.253 e. The fourth-order valence-corrected chi connectivity index (χ4v) is 2.32. The predicted octanol–water partition coefficient (Wildman–Crippen LogP) is 3.93. The third kappa shape index (κ3) is 4.23. The zero-order valence-electron chi connectivity index (χ0n) is 11.9. The molecule has 0 atom stereocenters. The topological polar surface area (TPSA) is 46.3 Å². The molecule has 0 saturated heterocycles. The van der Waals surface area contributed by atoms with Crippen molar-refractivity contribution in [2.45, 2.75) is 33.6 Å². The third-order valence-corrected chi connectivity index (χ3v) is 4.27. The molecule has 1 aromatic rings. The highest BCUT2D eigenvalue weighted by Gasteiger charge is 2.17. The summed E-state index contributed by atoms with van der Waals surface area (Å²) in [7, 11) is 0. The van der Waals surface area contributed by atoms with Crippen LogP contribution in [0.4, 0.5) is 5.69 Å². The van der Waals surface area contributed by atoms with Crippen molar-refractivity contribution >= 4 is 27.5 Å². The van der Waals surface area contributed by atoms with Crippen molar-refractivity contribution in [2.75, 3.05) is 18.8 Å². The van der Waals surface area contributed by atoms with E-state index in [-0.39, 0.29) is 5.91 Å². The van der Waals surface area contributed by atoms with Crippen LogP contribution in [0.5, 0.6) is 0 Å². The summed E-state index contributed by atoms with van der Waals surface area (Å²) in [6, 6.07) is 5.38. The van der Waals surface area contributed by atoms with E-state index < -0.39 is 0 Å². The Morgan fingerprint density at radius 2 is 1.95 bits per heavy atom. The molecule has 4 heteroatoms. The molecule has 0 fully saturated rings. The van der Waals surface area contributed by atoms with E-state index in [1.165, 1.54) is 0 Å². The molecule has 0 unspecified atom stereocenters. The molecule has 19 heavy (non-hydrogen) atoms. The Balaban J connectivity index is 2.85. The molecule has 0 aliphatic rings. The van der Waals surface area contributed by atoms with Gasteiger partial charge < -0.3 is 10.6 Å². The molecule has 0 aliphatic heterocycles. The molecular formula is C15H23BrN2O. The van der Waals surface area contributed by atoms with Crippen LogP contribution in [0.15, 0.2) is 22.7 Å². The standard InChI is InChI=1S/C15H23BrN2O/c1-4-11(5-2)10-18(6-3)15(19)12-7-8-13(16)14(17)9-12/h7-9,11H,4-6,10,17H2,1-3H3. The van der Waals surface area contributed by atoms with Crippen molar-refractivity contribution < 1.29 is 4.79 Å². The van der Waals surface area contributed by atoms with Crippen molar-refractivity contribution in [3.05, 3.63) is 28.2 Å². The van der Waals surface area contributed by atoms with Crippen LogP contribution in [0.25, 0.3) is 0 Å². The van der Waals surface area contributed by atoms with Crippen molar-refractivity contribution in [2.24, 2.45) is 5.92 Å². The van der Waals surface area contributed by atoms with Crippen molar-refractivity contribution in [1.82, 2.24) is 4.90 Å². The molecule has 0 radical (unpaired) electrons. The summed E-state index contributed by atoms with van der Waals surface area (Å²) in [4.78, 5) is 14.4. The number of nitrogen functional groups attached to an aromatic ring is 1. The Bertz CT molecular complexity index is 430. The molecule has 0 spiro atoms. The molecule has 0 heterocycles. The van der Waals surface area contributed by atoms with E-state index in [1.807, 2.05) is 24.0 Å². The summed E-state index contributed by atoms with van der Waals surface area (Å²) in [5.41, 5.74) is 7.10. The SMILES string of the molecule is CCC(CC)CN(CC)C(=O)c1ccc(Br)c(N)c1. The highest BCUT2D eigenvalue weighted by Crippen LogP contribution is 2.21. The lowest BCUT2D eigenvalue weighted by Gasteiger charge is -2.25. The summed E-state index contributed by atoms with van der Waals surface area (Å²) < 4.78 is 0.826. The molecule has 3 nitrogen and oxygen atoms in total. The Kier molecular flexibility index (Phi) is 6.35. The average molecular weight is 327 g/mol. The van der Waals surface area contributed by atoms with E-state index in [9.17, 15) is 4.79 Å². The summed E-state index contributed by atoms with van der Waals surface area (Å²) in [5, 5.41) is 0. The molecule has 0 aliphatic carbocycles. The monoisotopic (exact) mass is 326 g/mol. The first-order chi connectivity index (χ1) is 9.03. The molecule has 1 aromatic carbocycles. The number of carbonyl (C=O) groups is 1. The second-order valence-corrected chi connectivity index (χ2v) is 5.62. The fraction of sp³-hybridized carbons (Fsp3) is 0.533. The van der Waals surface area contributed by atoms with Gasteiger partial charge in [-0.2, -0.15) is 0 Å². The highest BCUT2D eigenvalue weighted by molar-refractivity contribution is 9.10. The maximum atomic E-state index is 12.5. The van der Waals surface area contributed by atoms with Gasteiger partial charge in [0.15, 0.2) is 0 Å². The minimum Gasteiger partial charge on any atom is -0.398 e. The van der Waals surface area contributed by atoms with Gasteiger partial charge in [-0.1, -0.05) is 26.7 Å². The van der Waals surface area contributed by atoms with Gasteiger partial charge in [-0.05, 0) is 47.0 Å². The number of hydrogen-bond acceptors (Lipinski definition) is 2. The van der Waals surface area contributed by atoms with Gasteiger partial charge in [0.2, 0.25) is 0 Å². The molecule has 1 rings (SSSR count). The zero-order chi connectivity index (χ0) is 14.4. The number of benzene rings is 1. The van der Waals surface area contributed by atoms with E-state index in [0.717, 1.165) is 30.4 Å². The molecule has 0 aromatic heterocycles. The largest absolute Gasteiger partial charge is 0.398 e. The van der Waals surface area contributed by atoms with Crippen LogP contribution >= 0.6 is 15.9 Å². The first-order valence-corrected chi connectivity index (χ1v) is 7.66. The fourth-order valence-electron chi connectivity index (χ4n) is 2.07. The Labute approximate surface area is 124 Å². The van der Waals surface area contributed by atoms with Crippen molar-refractivity contribution in [1.29, 1.82) is 0 Å². The molecule has 0 saturated carbocycles. The lowest BCUT2D eigenvalue weighted by molar-refractivity contribution is 0.0735. The van der Waals surface area contributed by atoms with Gasteiger partial charge in [-0.25, -0.2) is 0 Å². The summed E-state index contributed by atoms with van der Waals surface area (Å²) >= 11 is 3.35. The van der Waals surface area contributed by atoms with Gasteiger partial charge in [-0.3, -0.25) is 4.79 Å². The lowest BCUT2D eigenvalue weighted by atomic mass is 10.0. The molecule has 106 valence electrons. The number of anilines is 1. The lowest BCUT2D eigenvalue weighted by Crippen LogP contribution is -2.35. The Morgan fingerprint density at radius 3 is 2.42 bits per heavy atom. The third-order valence-electron chi connectivity index (χ3n) is 3.55. The summed E-state index contributed by atoms with van der Waals surface area (Å²) in [6.07, 6.45) is 2.20. The van der Waals surface area contributed by atoms with Gasteiger partial charge in [0.05, 0.1) is 0 Å². The van der Waals surface area contributed by atoms with E-state index in [1.54, 1.807) is 6.07 Å². The number of nitrogens with zero attached hydrogens (tertiary/aromatic N) is 1. The number of nitrogens with two attached hydrogens (primary N) is 1. The van der Waals surface area contributed by atoms with Crippen molar-refractivity contribution in [3.63, 3.8) is 0 Å². The molecule has 0 bridgehead atoms. The number of amides is 1. The van der Waals surface area contributed by atoms with Crippen LogP contribution in [0, 0.1) is 5.92 Å². The van der Waals surface area contributed by atoms with Crippen molar-refractivity contribution in [3.8, 4) is 0 Å². The van der Waals surface area contributed by atoms with Gasteiger partial charge in [0, 0.05) is 28.8 Å². The quantitative estimate of drug-likeness (QED) is 0.805. The van der Waals surface area contributed by atoms with Crippen LogP contribution in [-0.2, 0) is 0 Å². The van der Waals surface area contributed by atoms with Gasteiger partial charge >= 0.3 is 0 Å². The van der Waals surface area contributed by atoms with E-state index in [0.29, 0.717) is 17.2 Å². The van der Waals surface area contributed by atoms with Gasteiger partial charge in [0.1, 0.15) is 0 Å². The second kappa shape index (κ2) is 7.53. The van der Waals surface area contributed by atoms with Crippen LogP contribution in [0.1, 0.15) is 44.0 Å². The first kappa shape index (κ1) is 16.0. The zero-order valence-corrected chi connectivity index (χ0v) is 13.5. The minimum absolute atomic E-state index is 0.0635. The Morgan fingerprint density at radius 1 is 1.32 bits per heavy atom. The summed E-state index contributed by atoms with van der Waals surface area (Å²) in [5.74, 6) is 0.630. The minimum atomic E-state index is 0.0635.